The van der Waals surface area contributed by atoms with E-state index in [1.165, 1.54) is 19.3 Å². The van der Waals surface area contributed by atoms with Crippen molar-refractivity contribution in [1.29, 1.82) is 0 Å². The minimum atomic E-state index is 0.0630. The number of pyridine rings is 1. The first kappa shape index (κ1) is 14.1. The van der Waals surface area contributed by atoms with Crippen LogP contribution in [0.1, 0.15) is 37.7 Å². The fourth-order valence-corrected chi connectivity index (χ4v) is 3.15. The zero-order chi connectivity index (χ0) is 14.7. The van der Waals surface area contributed by atoms with Gasteiger partial charge < -0.3 is 15.6 Å². The maximum absolute atomic E-state index is 12.2. The van der Waals surface area contributed by atoms with Gasteiger partial charge in [0.2, 0.25) is 5.91 Å². The van der Waals surface area contributed by atoms with Crippen LogP contribution in [0.15, 0.2) is 24.5 Å². The standard InChI is InChI=1S/C16H22N4O/c17-9-12-10-20(16-14(12)7-4-8-18-16)11-15(21)19-13-5-2-1-3-6-13/h4,7-8,10,13H,1-3,5-6,9,11,17H2,(H,19,21). The Kier molecular flexibility index (Phi) is 4.20. The van der Waals surface area contributed by atoms with Crippen LogP contribution >= 0.6 is 0 Å². The zero-order valence-corrected chi connectivity index (χ0v) is 12.2. The van der Waals surface area contributed by atoms with Crippen molar-refractivity contribution in [2.75, 3.05) is 0 Å². The van der Waals surface area contributed by atoms with E-state index in [2.05, 4.69) is 10.3 Å². The van der Waals surface area contributed by atoms with Crippen molar-refractivity contribution >= 4 is 16.9 Å². The molecule has 0 radical (unpaired) electrons. The van der Waals surface area contributed by atoms with Gasteiger partial charge >= 0.3 is 0 Å². The topological polar surface area (TPSA) is 72.9 Å². The number of aromatic nitrogens is 2. The summed E-state index contributed by atoms with van der Waals surface area (Å²) in [6, 6.07) is 4.24. The molecule has 0 saturated heterocycles. The Hall–Kier alpha value is -1.88. The largest absolute Gasteiger partial charge is 0.352 e. The van der Waals surface area contributed by atoms with E-state index in [1.807, 2.05) is 22.9 Å². The molecule has 2 heterocycles. The highest BCUT2D eigenvalue weighted by atomic mass is 16.2. The van der Waals surface area contributed by atoms with E-state index in [-0.39, 0.29) is 5.91 Å². The third-order valence-electron chi connectivity index (χ3n) is 4.22. The second-order valence-electron chi connectivity index (χ2n) is 5.76. The molecule has 5 nitrogen and oxygen atoms in total. The predicted octanol–water partition coefficient (Wildman–Crippen LogP) is 1.94. The van der Waals surface area contributed by atoms with Crippen LogP contribution in [0.2, 0.25) is 0 Å². The molecule has 3 rings (SSSR count). The molecule has 0 aliphatic heterocycles. The number of carbonyl (C=O) groups is 1. The molecule has 0 atom stereocenters. The van der Waals surface area contributed by atoms with Gasteiger partial charge in [0.15, 0.2) is 0 Å². The summed E-state index contributed by atoms with van der Waals surface area (Å²) in [4.78, 5) is 16.6. The maximum atomic E-state index is 12.2. The predicted molar refractivity (Wildman–Crippen MR) is 82.6 cm³/mol. The Morgan fingerprint density at radius 2 is 2.19 bits per heavy atom. The first-order valence-corrected chi connectivity index (χ1v) is 7.70. The van der Waals surface area contributed by atoms with Gasteiger partial charge in [0, 0.05) is 30.4 Å². The summed E-state index contributed by atoms with van der Waals surface area (Å²) in [6.45, 7) is 0.767. The highest BCUT2D eigenvalue weighted by Gasteiger charge is 2.17. The lowest BCUT2D eigenvalue weighted by atomic mass is 9.95. The van der Waals surface area contributed by atoms with Crippen LogP contribution in [0.5, 0.6) is 0 Å². The Bertz CT molecular complexity index is 628. The quantitative estimate of drug-likeness (QED) is 0.902. The average Bonchev–Trinajstić information content (AvgIpc) is 2.86. The first-order chi connectivity index (χ1) is 10.3. The van der Waals surface area contributed by atoms with Crippen molar-refractivity contribution in [3.63, 3.8) is 0 Å². The molecule has 1 amide bonds. The van der Waals surface area contributed by atoms with Crippen molar-refractivity contribution in [2.24, 2.45) is 5.73 Å². The third kappa shape index (κ3) is 3.08. The van der Waals surface area contributed by atoms with Crippen molar-refractivity contribution in [3.05, 3.63) is 30.1 Å². The lowest BCUT2D eigenvalue weighted by Crippen LogP contribution is -2.38. The molecule has 3 N–H and O–H groups in total. The molecule has 0 bridgehead atoms. The summed E-state index contributed by atoms with van der Waals surface area (Å²) in [5, 5.41) is 4.17. The summed E-state index contributed by atoms with van der Waals surface area (Å²) in [5.74, 6) is 0.0630. The van der Waals surface area contributed by atoms with Gasteiger partial charge in [-0.25, -0.2) is 4.98 Å². The van der Waals surface area contributed by atoms with Crippen LogP contribution in [0, 0.1) is 0 Å². The molecule has 1 fully saturated rings. The van der Waals surface area contributed by atoms with Gasteiger partial charge in [0.25, 0.3) is 0 Å². The molecule has 2 aromatic rings. The van der Waals surface area contributed by atoms with E-state index in [1.54, 1.807) is 6.20 Å². The van der Waals surface area contributed by atoms with Crippen LogP contribution in [0.25, 0.3) is 11.0 Å². The van der Waals surface area contributed by atoms with Crippen LogP contribution < -0.4 is 11.1 Å². The van der Waals surface area contributed by atoms with Gasteiger partial charge in [0.1, 0.15) is 12.2 Å². The van der Waals surface area contributed by atoms with Gasteiger partial charge in [-0.1, -0.05) is 19.3 Å². The Balaban J connectivity index is 1.73. The minimum absolute atomic E-state index is 0.0630. The number of carbonyl (C=O) groups excluding carboxylic acids is 1. The van der Waals surface area contributed by atoms with E-state index in [9.17, 15) is 4.79 Å². The molecule has 112 valence electrons. The molecule has 1 aliphatic rings. The maximum Gasteiger partial charge on any atom is 0.240 e. The Morgan fingerprint density at radius 1 is 1.38 bits per heavy atom. The number of nitrogens with two attached hydrogens (primary N) is 1. The van der Waals surface area contributed by atoms with Gasteiger partial charge in [-0.2, -0.15) is 0 Å². The number of hydrogen-bond acceptors (Lipinski definition) is 3. The van der Waals surface area contributed by atoms with E-state index >= 15 is 0 Å². The Labute approximate surface area is 124 Å². The molecule has 1 saturated carbocycles. The van der Waals surface area contributed by atoms with E-state index in [0.29, 0.717) is 19.1 Å². The van der Waals surface area contributed by atoms with Crippen LogP contribution in [-0.2, 0) is 17.9 Å². The van der Waals surface area contributed by atoms with Crippen LogP contribution in [0.4, 0.5) is 0 Å². The summed E-state index contributed by atoms with van der Waals surface area (Å²) in [7, 11) is 0. The summed E-state index contributed by atoms with van der Waals surface area (Å²) in [5.41, 5.74) is 7.63. The molecular formula is C16H22N4O. The molecule has 0 spiro atoms. The van der Waals surface area contributed by atoms with Crippen molar-refractivity contribution < 1.29 is 4.79 Å². The molecule has 0 aromatic carbocycles. The molecular weight excluding hydrogens is 264 g/mol. The average molecular weight is 286 g/mol. The highest BCUT2D eigenvalue weighted by molar-refractivity contribution is 5.83. The second-order valence-corrected chi connectivity index (χ2v) is 5.76. The third-order valence-corrected chi connectivity index (χ3v) is 4.22. The van der Waals surface area contributed by atoms with E-state index in [0.717, 1.165) is 29.4 Å². The monoisotopic (exact) mass is 286 g/mol. The smallest absolute Gasteiger partial charge is 0.240 e. The fourth-order valence-electron chi connectivity index (χ4n) is 3.15. The number of nitrogens with one attached hydrogen (secondary N) is 1. The van der Waals surface area contributed by atoms with E-state index < -0.39 is 0 Å². The number of amides is 1. The van der Waals surface area contributed by atoms with Crippen LogP contribution in [0.3, 0.4) is 0 Å². The fraction of sp³-hybridized carbons (Fsp3) is 0.500. The van der Waals surface area contributed by atoms with Gasteiger partial charge in [0.05, 0.1) is 0 Å². The molecule has 1 aliphatic carbocycles. The van der Waals surface area contributed by atoms with Gasteiger partial charge in [-0.05, 0) is 30.5 Å². The number of fused-ring (bicyclic) bond motifs is 1. The Morgan fingerprint density at radius 3 is 2.95 bits per heavy atom. The number of nitrogens with zero attached hydrogens (tertiary/aromatic N) is 2. The van der Waals surface area contributed by atoms with E-state index in [4.69, 9.17) is 5.73 Å². The summed E-state index contributed by atoms with van der Waals surface area (Å²) >= 11 is 0. The SMILES string of the molecule is NCc1cn(CC(=O)NC2CCCCC2)c2ncccc12. The lowest BCUT2D eigenvalue weighted by molar-refractivity contribution is -0.122. The molecule has 5 heteroatoms. The molecule has 0 unspecified atom stereocenters. The minimum Gasteiger partial charge on any atom is -0.352 e. The van der Waals surface area contributed by atoms with Crippen LogP contribution in [-0.4, -0.2) is 21.5 Å². The molecule has 21 heavy (non-hydrogen) atoms. The summed E-state index contributed by atoms with van der Waals surface area (Å²) < 4.78 is 1.90. The number of hydrogen-bond donors (Lipinski definition) is 2. The molecule has 2 aromatic heterocycles. The normalized spacial score (nSPS) is 16.2. The summed E-state index contributed by atoms with van der Waals surface area (Å²) in [6.07, 6.45) is 9.62. The number of rotatable bonds is 4. The zero-order valence-electron chi connectivity index (χ0n) is 12.2. The van der Waals surface area contributed by atoms with Crippen molar-refractivity contribution in [1.82, 2.24) is 14.9 Å². The van der Waals surface area contributed by atoms with Crippen molar-refractivity contribution in [2.45, 2.75) is 51.2 Å². The van der Waals surface area contributed by atoms with Gasteiger partial charge in [-0.15, -0.1) is 0 Å². The van der Waals surface area contributed by atoms with Crippen molar-refractivity contribution in [3.8, 4) is 0 Å². The second kappa shape index (κ2) is 6.26. The lowest BCUT2D eigenvalue weighted by Gasteiger charge is -2.22. The highest BCUT2D eigenvalue weighted by Crippen LogP contribution is 2.20. The first-order valence-electron chi connectivity index (χ1n) is 7.70. The van der Waals surface area contributed by atoms with Gasteiger partial charge in [-0.3, -0.25) is 4.79 Å².